The van der Waals surface area contributed by atoms with Crippen LogP contribution in [0.15, 0.2) is 48.8 Å². The largest absolute Gasteiger partial charge is 0.435 e. The second-order valence-corrected chi connectivity index (χ2v) is 10.7. The molecule has 1 fully saturated rings. The number of halogens is 1. The molecule has 1 amide bonds. The first-order valence-corrected chi connectivity index (χ1v) is 13.5. The molecular weight excluding hydrogens is 525 g/mol. The lowest BCUT2D eigenvalue weighted by Gasteiger charge is -2.36. The molecule has 0 saturated carbocycles. The number of carbonyl (C=O) groups excluding carboxylic acids is 1. The topological polar surface area (TPSA) is 103 Å². The van der Waals surface area contributed by atoms with Crippen molar-refractivity contribution < 1.29 is 19.0 Å². The van der Waals surface area contributed by atoms with Crippen molar-refractivity contribution in [2.45, 2.75) is 26.1 Å². The fourth-order valence-corrected chi connectivity index (χ4v) is 5.26. The van der Waals surface area contributed by atoms with Gasteiger partial charge in [0.1, 0.15) is 29.7 Å². The van der Waals surface area contributed by atoms with Gasteiger partial charge in [0.2, 0.25) is 0 Å². The van der Waals surface area contributed by atoms with Crippen molar-refractivity contribution in [3.05, 3.63) is 71.4 Å². The van der Waals surface area contributed by atoms with Crippen molar-refractivity contribution in [1.82, 2.24) is 23.9 Å². The number of anilines is 1. The Morgan fingerprint density at radius 2 is 1.93 bits per heavy atom. The van der Waals surface area contributed by atoms with Crippen molar-refractivity contribution in [2.75, 3.05) is 45.2 Å². The highest BCUT2D eigenvalue weighted by Gasteiger charge is 2.25. The molecule has 41 heavy (non-hydrogen) atoms. The van der Waals surface area contributed by atoms with E-state index >= 15 is 0 Å². The van der Waals surface area contributed by atoms with Crippen LogP contribution in [0.1, 0.15) is 28.5 Å². The van der Waals surface area contributed by atoms with Gasteiger partial charge in [-0.15, -0.1) is 0 Å². The molecule has 1 aliphatic rings. The van der Waals surface area contributed by atoms with Crippen molar-refractivity contribution in [3.8, 4) is 17.7 Å². The van der Waals surface area contributed by atoms with Gasteiger partial charge in [-0.3, -0.25) is 9.69 Å². The third kappa shape index (κ3) is 5.89. The predicted octanol–water partition coefficient (Wildman–Crippen LogP) is 3.58. The summed E-state index contributed by atoms with van der Waals surface area (Å²) in [7, 11) is 5.11. The number of ether oxygens (including phenoxy) is 1. The summed E-state index contributed by atoms with van der Waals surface area (Å²) in [5, 5.41) is 20.5. The molecule has 1 atom stereocenters. The Hall–Kier alpha value is -4.40. The van der Waals surface area contributed by atoms with E-state index in [1.807, 2.05) is 28.3 Å². The number of aryl methyl sites for hydroxylation is 1. The van der Waals surface area contributed by atoms with Gasteiger partial charge in [-0.1, -0.05) is 12.1 Å². The Balaban J connectivity index is 1.29. The fraction of sp³-hybridized carbons (Fsp3) is 0.367. The zero-order valence-corrected chi connectivity index (χ0v) is 23.7. The highest BCUT2D eigenvalue weighted by atomic mass is 19.1. The molecule has 1 aliphatic heterocycles. The van der Waals surface area contributed by atoms with E-state index in [4.69, 9.17) is 4.74 Å². The van der Waals surface area contributed by atoms with Crippen LogP contribution in [0.25, 0.3) is 10.9 Å². The third-order valence-electron chi connectivity index (χ3n) is 7.27. The molecule has 214 valence electrons. The zero-order valence-electron chi connectivity index (χ0n) is 23.7. The first kappa shape index (κ1) is 28.1. The Morgan fingerprint density at radius 3 is 2.61 bits per heavy atom. The highest BCUT2D eigenvalue weighted by molar-refractivity contribution is 5.96. The standard InChI is InChI=1S/C30H34FN7O3/c1-20(39)17-38-24(16-32)14-22-6-5-21(13-26(22)38)18-36-9-11-37(12-10-36)29-28(33-19-35(29)4)41-27-8-7-23(31)15-25(27)30(40)34(2)3/h5-8,13-15,19-20,39H,9-12,17-18H2,1-4H3. The van der Waals surface area contributed by atoms with E-state index in [-0.39, 0.29) is 17.2 Å². The summed E-state index contributed by atoms with van der Waals surface area (Å²) in [6, 6.07) is 14.2. The van der Waals surface area contributed by atoms with Crippen LogP contribution < -0.4 is 9.64 Å². The van der Waals surface area contributed by atoms with E-state index in [2.05, 4.69) is 33.0 Å². The minimum absolute atomic E-state index is 0.134. The normalized spacial score (nSPS) is 14.7. The molecule has 5 rings (SSSR count). The van der Waals surface area contributed by atoms with Crippen molar-refractivity contribution in [3.63, 3.8) is 0 Å². The van der Waals surface area contributed by atoms with Crippen molar-refractivity contribution in [2.24, 2.45) is 7.05 Å². The fourth-order valence-electron chi connectivity index (χ4n) is 5.26. The zero-order chi connectivity index (χ0) is 29.3. The number of hydrogen-bond acceptors (Lipinski definition) is 7. The number of amides is 1. The molecule has 3 heterocycles. The first-order valence-electron chi connectivity index (χ1n) is 13.5. The SMILES string of the molecule is CC(O)Cn1c(C#N)cc2ccc(CN3CCN(c4c(Oc5ccc(F)cc5C(=O)N(C)C)ncn4C)CC3)cc21. The monoisotopic (exact) mass is 559 g/mol. The average molecular weight is 560 g/mol. The molecule has 2 aromatic heterocycles. The van der Waals surface area contributed by atoms with E-state index in [9.17, 15) is 19.6 Å². The number of benzene rings is 2. The van der Waals surface area contributed by atoms with Gasteiger partial charge in [0.25, 0.3) is 11.8 Å². The molecule has 2 aromatic carbocycles. The van der Waals surface area contributed by atoms with Gasteiger partial charge >= 0.3 is 0 Å². The van der Waals surface area contributed by atoms with Gasteiger partial charge in [-0.25, -0.2) is 9.37 Å². The summed E-state index contributed by atoms with van der Waals surface area (Å²) in [6.07, 6.45) is 1.11. The van der Waals surface area contributed by atoms with Crippen LogP contribution in [0.3, 0.4) is 0 Å². The number of piperazine rings is 1. The Bertz CT molecular complexity index is 1610. The lowest BCUT2D eigenvalue weighted by atomic mass is 10.1. The third-order valence-corrected chi connectivity index (χ3v) is 7.27. The smallest absolute Gasteiger partial charge is 0.262 e. The van der Waals surface area contributed by atoms with Gasteiger partial charge in [0.15, 0.2) is 5.82 Å². The summed E-state index contributed by atoms with van der Waals surface area (Å²) in [4.78, 5) is 23.0. The van der Waals surface area contributed by atoms with E-state index in [0.29, 0.717) is 18.1 Å². The van der Waals surface area contributed by atoms with Crippen LogP contribution in [-0.2, 0) is 20.1 Å². The maximum absolute atomic E-state index is 14.0. The molecular formula is C30H34FN7O3. The molecule has 1 saturated heterocycles. The van der Waals surface area contributed by atoms with Crippen LogP contribution in [0, 0.1) is 17.1 Å². The van der Waals surface area contributed by atoms with Crippen LogP contribution in [0.2, 0.25) is 0 Å². The number of imidazole rings is 1. The molecule has 11 heteroatoms. The number of aliphatic hydroxyl groups excluding tert-OH is 1. The van der Waals surface area contributed by atoms with Gasteiger partial charge < -0.3 is 28.8 Å². The van der Waals surface area contributed by atoms with E-state index in [0.717, 1.165) is 55.0 Å². The number of rotatable bonds is 8. The Morgan fingerprint density at radius 1 is 1.17 bits per heavy atom. The number of aromatic nitrogens is 3. The predicted molar refractivity (Wildman–Crippen MR) is 154 cm³/mol. The van der Waals surface area contributed by atoms with Crippen LogP contribution >= 0.6 is 0 Å². The lowest BCUT2D eigenvalue weighted by molar-refractivity contribution is 0.0824. The minimum Gasteiger partial charge on any atom is -0.435 e. The van der Waals surface area contributed by atoms with Gasteiger partial charge in [0.05, 0.1) is 11.7 Å². The maximum atomic E-state index is 14.0. The van der Waals surface area contributed by atoms with Gasteiger partial charge in [0, 0.05) is 71.3 Å². The Kier molecular flexibility index (Phi) is 7.97. The van der Waals surface area contributed by atoms with Crippen LogP contribution in [0.5, 0.6) is 11.6 Å². The quantitative estimate of drug-likeness (QED) is 0.352. The molecule has 1 N–H and O–H groups in total. The number of nitriles is 1. The Labute approximate surface area is 238 Å². The second-order valence-electron chi connectivity index (χ2n) is 10.7. The van der Waals surface area contributed by atoms with E-state index < -0.39 is 11.9 Å². The van der Waals surface area contributed by atoms with Crippen LogP contribution in [0.4, 0.5) is 10.2 Å². The van der Waals surface area contributed by atoms with Crippen molar-refractivity contribution in [1.29, 1.82) is 5.26 Å². The number of carbonyl (C=O) groups is 1. The number of aliphatic hydroxyl groups is 1. The summed E-state index contributed by atoms with van der Waals surface area (Å²) >= 11 is 0. The molecule has 10 nitrogen and oxygen atoms in total. The van der Waals surface area contributed by atoms with Crippen LogP contribution in [-0.4, -0.2) is 81.3 Å². The molecule has 0 bridgehead atoms. The number of nitrogens with zero attached hydrogens (tertiary/aromatic N) is 7. The summed E-state index contributed by atoms with van der Waals surface area (Å²) in [6.45, 7) is 5.93. The lowest BCUT2D eigenvalue weighted by Crippen LogP contribution is -2.46. The average Bonchev–Trinajstić information content (AvgIpc) is 3.48. The van der Waals surface area contributed by atoms with Gasteiger partial charge in [-0.2, -0.15) is 5.26 Å². The minimum atomic E-state index is -0.557. The number of fused-ring (bicyclic) bond motifs is 1. The maximum Gasteiger partial charge on any atom is 0.262 e. The molecule has 1 unspecified atom stereocenters. The molecule has 0 spiro atoms. The second kappa shape index (κ2) is 11.6. The molecule has 0 aliphatic carbocycles. The number of hydrogen-bond donors (Lipinski definition) is 1. The summed E-state index contributed by atoms with van der Waals surface area (Å²) in [5.74, 6) is 0.530. The van der Waals surface area contributed by atoms with Gasteiger partial charge in [-0.05, 0) is 42.8 Å². The first-order chi connectivity index (χ1) is 19.6. The highest BCUT2D eigenvalue weighted by Crippen LogP contribution is 2.34. The van der Waals surface area contributed by atoms with E-state index in [1.165, 1.54) is 23.1 Å². The van der Waals surface area contributed by atoms with Crippen molar-refractivity contribution >= 4 is 22.6 Å². The summed E-state index contributed by atoms with van der Waals surface area (Å²) in [5.41, 5.74) is 2.76. The molecule has 4 aromatic rings. The van der Waals surface area contributed by atoms with E-state index in [1.54, 1.807) is 27.3 Å². The molecule has 0 radical (unpaired) electrons. The summed E-state index contributed by atoms with van der Waals surface area (Å²) < 4.78 is 23.8.